The van der Waals surface area contributed by atoms with E-state index in [-0.39, 0.29) is 23.3 Å². The molecule has 2 fully saturated rings. The number of aryl methyl sites for hydroxylation is 1. The van der Waals surface area contributed by atoms with Crippen LogP contribution in [0.15, 0.2) is 18.2 Å². The fourth-order valence-electron chi connectivity index (χ4n) is 5.47. The molecule has 0 spiro atoms. The zero-order valence-corrected chi connectivity index (χ0v) is 12.1. The van der Waals surface area contributed by atoms with Crippen molar-refractivity contribution in [3.8, 4) is 5.75 Å². The Morgan fingerprint density at radius 2 is 2.15 bits per heavy atom. The van der Waals surface area contributed by atoms with Gasteiger partial charge in [0.15, 0.2) is 0 Å². The summed E-state index contributed by atoms with van der Waals surface area (Å²) in [6.45, 7) is 2.29. The number of aliphatic hydroxyl groups excluding tert-OH is 1. The average molecular weight is 274 g/mol. The number of hydrogen-bond acceptors (Lipinski definition) is 2. The summed E-state index contributed by atoms with van der Waals surface area (Å²) in [5.41, 5.74) is 2.66. The summed E-state index contributed by atoms with van der Waals surface area (Å²) < 4.78 is 7.89. The quantitative estimate of drug-likeness (QED) is 0.758. The SMILES string of the molecule is [3H]c1cc2c(cc1O)CC[C@@H]1[C@@H]2CC[C@]2(C)C(O)CC[C@@H]12. The lowest BCUT2D eigenvalue weighted by molar-refractivity contribution is -0.0226. The monoisotopic (exact) mass is 274 g/mol. The van der Waals surface area contributed by atoms with Gasteiger partial charge in [-0.15, -0.1) is 0 Å². The van der Waals surface area contributed by atoms with Gasteiger partial charge >= 0.3 is 0 Å². The molecule has 2 nitrogen and oxygen atoms in total. The first-order valence-electron chi connectivity index (χ1n) is 8.51. The molecule has 3 aliphatic carbocycles. The second-order valence-corrected chi connectivity index (χ2v) is 7.35. The number of benzene rings is 1. The van der Waals surface area contributed by atoms with Crippen LogP contribution in [0.3, 0.4) is 0 Å². The number of aromatic hydroxyl groups is 1. The molecule has 0 amide bonds. The smallest absolute Gasteiger partial charge is 0.115 e. The van der Waals surface area contributed by atoms with E-state index >= 15 is 0 Å². The van der Waals surface area contributed by atoms with E-state index in [1.54, 1.807) is 0 Å². The maximum atomic E-state index is 10.4. The predicted octanol–water partition coefficient (Wildman–Crippen LogP) is 3.61. The summed E-state index contributed by atoms with van der Waals surface area (Å²) in [6.07, 6.45) is 6.36. The fraction of sp³-hybridized carbons (Fsp3) is 0.667. The first-order valence-corrected chi connectivity index (χ1v) is 8.01. The van der Waals surface area contributed by atoms with Crippen molar-refractivity contribution in [1.82, 2.24) is 0 Å². The second kappa shape index (κ2) is 4.24. The van der Waals surface area contributed by atoms with Crippen molar-refractivity contribution >= 4 is 0 Å². The van der Waals surface area contributed by atoms with E-state index in [1.807, 2.05) is 12.1 Å². The van der Waals surface area contributed by atoms with Gasteiger partial charge in [0.25, 0.3) is 0 Å². The maximum absolute atomic E-state index is 10.4. The number of phenols is 1. The molecule has 1 aromatic rings. The molecule has 2 N–H and O–H groups in total. The third kappa shape index (κ3) is 1.60. The van der Waals surface area contributed by atoms with Crippen molar-refractivity contribution in [2.45, 2.75) is 57.5 Å². The van der Waals surface area contributed by atoms with Crippen molar-refractivity contribution < 1.29 is 11.6 Å². The summed E-state index contributed by atoms with van der Waals surface area (Å²) in [4.78, 5) is 0. The average Bonchev–Trinajstić information content (AvgIpc) is 2.76. The molecule has 0 radical (unpaired) electrons. The van der Waals surface area contributed by atoms with Gasteiger partial charge in [-0.05, 0) is 84.9 Å². The summed E-state index contributed by atoms with van der Waals surface area (Å²) in [5.74, 6) is 1.92. The third-order valence-electron chi connectivity index (χ3n) is 6.59. The van der Waals surface area contributed by atoms with E-state index in [2.05, 4.69) is 6.92 Å². The van der Waals surface area contributed by atoms with Gasteiger partial charge in [-0.1, -0.05) is 13.0 Å². The van der Waals surface area contributed by atoms with Crippen LogP contribution >= 0.6 is 0 Å². The summed E-state index contributed by atoms with van der Waals surface area (Å²) in [5, 5.41) is 20.2. The van der Waals surface area contributed by atoms with Gasteiger partial charge < -0.3 is 10.2 Å². The van der Waals surface area contributed by atoms with Crippen LogP contribution in [-0.2, 0) is 6.42 Å². The predicted molar refractivity (Wildman–Crippen MR) is 78.7 cm³/mol. The molecule has 0 aliphatic heterocycles. The molecule has 20 heavy (non-hydrogen) atoms. The van der Waals surface area contributed by atoms with Gasteiger partial charge in [-0.3, -0.25) is 0 Å². The molecule has 2 saturated carbocycles. The Labute approximate surface area is 122 Å². The van der Waals surface area contributed by atoms with Crippen molar-refractivity contribution in [3.05, 3.63) is 29.3 Å². The molecule has 5 atom stereocenters. The summed E-state index contributed by atoms with van der Waals surface area (Å²) in [7, 11) is 0. The fourth-order valence-corrected chi connectivity index (χ4v) is 5.47. The van der Waals surface area contributed by atoms with E-state index in [0.29, 0.717) is 17.8 Å². The molecule has 2 heteroatoms. The highest BCUT2D eigenvalue weighted by Crippen LogP contribution is 2.60. The molecule has 0 aromatic heterocycles. The van der Waals surface area contributed by atoms with E-state index < -0.39 is 0 Å². The lowest BCUT2D eigenvalue weighted by Gasteiger charge is -2.50. The Hall–Kier alpha value is -1.02. The van der Waals surface area contributed by atoms with Gasteiger partial charge in [-0.2, -0.15) is 0 Å². The summed E-state index contributed by atoms with van der Waals surface area (Å²) >= 11 is 0. The molecule has 108 valence electrons. The van der Waals surface area contributed by atoms with E-state index in [1.165, 1.54) is 17.5 Å². The Morgan fingerprint density at radius 1 is 1.30 bits per heavy atom. The van der Waals surface area contributed by atoms with Crippen LogP contribution < -0.4 is 0 Å². The highest BCUT2D eigenvalue weighted by molar-refractivity contribution is 5.40. The highest BCUT2D eigenvalue weighted by Gasteiger charge is 2.54. The maximum Gasteiger partial charge on any atom is 0.115 e. The van der Waals surface area contributed by atoms with Crippen LogP contribution in [0.1, 0.15) is 57.4 Å². The van der Waals surface area contributed by atoms with Crippen LogP contribution in [0.5, 0.6) is 5.75 Å². The number of rotatable bonds is 0. The van der Waals surface area contributed by atoms with Crippen LogP contribution in [0, 0.1) is 17.3 Å². The first-order chi connectivity index (χ1) is 10.0. The molecule has 3 aliphatic rings. The molecule has 1 aromatic carbocycles. The minimum Gasteiger partial charge on any atom is -0.508 e. The van der Waals surface area contributed by atoms with Crippen molar-refractivity contribution in [2.24, 2.45) is 17.3 Å². The standard InChI is InChI=1S/C18H24O2/c1-18-9-8-14-13-5-3-12(19)10-11(13)2-4-15(14)16(18)6-7-17(18)20/h3,5,10,14-17,19-20H,2,4,6-9H2,1H3/t14-,15-,16+,17?,18+/m1/s1/i3T. The zero-order valence-electron chi connectivity index (χ0n) is 13.1. The molecular formula is C18H24O2. The van der Waals surface area contributed by atoms with Gasteiger partial charge in [0.1, 0.15) is 5.75 Å². The van der Waals surface area contributed by atoms with Gasteiger partial charge in [0.2, 0.25) is 0 Å². The third-order valence-corrected chi connectivity index (χ3v) is 6.59. The molecule has 1 unspecified atom stereocenters. The van der Waals surface area contributed by atoms with Crippen molar-refractivity contribution in [3.63, 3.8) is 0 Å². The second-order valence-electron chi connectivity index (χ2n) is 7.35. The van der Waals surface area contributed by atoms with Crippen molar-refractivity contribution in [2.75, 3.05) is 0 Å². The van der Waals surface area contributed by atoms with Crippen LogP contribution in [0.4, 0.5) is 0 Å². The van der Waals surface area contributed by atoms with E-state index in [0.717, 1.165) is 32.1 Å². The lowest BCUT2D eigenvalue weighted by atomic mass is 9.55. The Kier molecular flexibility index (Phi) is 2.46. The largest absolute Gasteiger partial charge is 0.508 e. The molecule has 0 heterocycles. The highest BCUT2D eigenvalue weighted by atomic mass is 16.3. The zero-order chi connectivity index (χ0) is 14.8. The number of hydrogen-bond donors (Lipinski definition) is 2. The number of fused-ring (bicyclic) bond motifs is 5. The van der Waals surface area contributed by atoms with Gasteiger partial charge in [0.05, 0.1) is 7.47 Å². The minimum atomic E-state index is -0.128. The molecule has 4 rings (SSSR count). The molecule has 0 saturated heterocycles. The van der Waals surface area contributed by atoms with Gasteiger partial charge in [-0.25, -0.2) is 0 Å². The Balaban J connectivity index is 1.73. The van der Waals surface area contributed by atoms with E-state index in [4.69, 9.17) is 1.37 Å². The normalized spacial score (nSPS) is 43.4. The van der Waals surface area contributed by atoms with Gasteiger partial charge in [0, 0.05) is 0 Å². The number of phenolic OH excluding ortho intramolecular Hbond substituents is 1. The molecular weight excluding hydrogens is 248 g/mol. The van der Waals surface area contributed by atoms with Crippen LogP contribution in [-0.4, -0.2) is 16.3 Å². The lowest BCUT2D eigenvalue weighted by Crippen LogP contribution is -2.43. The Bertz CT molecular complexity index is 585. The topological polar surface area (TPSA) is 40.5 Å². The Morgan fingerprint density at radius 3 is 3.00 bits per heavy atom. The van der Waals surface area contributed by atoms with Crippen LogP contribution in [0.25, 0.3) is 0 Å². The van der Waals surface area contributed by atoms with Crippen molar-refractivity contribution in [1.29, 1.82) is 0 Å². The molecule has 0 bridgehead atoms. The first kappa shape index (κ1) is 11.6. The minimum absolute atomic E-state index is 0.110. The van der Waals surface area contributed by atoms with E-state index in [9.17, 15) is 10.2 Å². The van der Waals surface area contributed by atoms with Crippen LogP contribution in [0.2, 0.25) is 0 Å². The summed E-state index contributed by atoms with van der Waals surface area (Å²) in [6, 6.07) is 3.97. The number of aliphatic hydroxyl groups is 1.